The van der Waals surface area contributed by atoms with Crippen molar-refractivity contribution in [3.63, 3.8) is 0 Å². The molecule has 1 rings (SSSR count). The van der Waals surface area contributed by atoms with E-state index in [1.54, 1.807) is 7.05 Å². The molecule has 0 saturated heterocycles. The number of carbonyl (C=O) groups excluding carboxylic acids is 2. The normalized spacial score (nSPS) is 12.6. The van der Waals surface area contributed by atoms with Crippen LogP contribution in [0.1, 0.15) is 50.8 Å². The molecule has 1 aromatic rings. The van der Waals surface area contributed by atoms with Gasteiger partial charge < -0.3 is 15.4 Å². The molecule has 5 nitrogen and oxygen atoms in total. The third-order valence-electron chi connectivity index (χ3n) is 3.71. The summed E-state index contributed by atoms with van der Waals surface area (Å²) >= 11 is 0. The highest BCUT2D eigenvalue weighted by Crippen LogP contribution is 2.25. The highest BCUT2D eigenvalue weighted by Gasteiger charge is 2.20. The van der Waals surface area contributed by atoms with Crippen LogP contribution in [0.3, 0.4) is 0 Å². The summed E-state index contributed by atoms with van der Waals surface area (Å²) < 4.78 is 4.74. The summed E-state index contributed by atoms with van der Waals surface area (Å²) in [6.45, 7) is 7.04. The lowest BCUT2D eigenvalue weighted by Crippen LogP contribution is -2.32. The van der Waals surface area contributed by atoms with Crippen LogP contribution in [-0.2, 0) is 19.7 Å². The Morgan fingerprint density at radius 3 is 2.26 bits per heavy atom. The Hall–Kier alpha value is -1.88. The maximum Gasteiger partial charge on any atom is 0.307 e. The number of hydrogen-bond donors (Lipinski definition) is 2. The Labute approximate surface area is 138 Å². The summed E-state index contributed by atoms with van der Waals surface area (Å²) in [6, 6.07) is 7.64. The van der Waals surface area contributed by atoms with Gasteiger partial charge in [0.15, 0.2) is 0 Å². The third kappa shape index (κ3) is 6.40. The van der Waals surface area contributed by atoms with E-state index in [9.17, 15) is 9.59 Å². The fraction of sp³-hybridized carbons (Fsp3) is 0.556. The zero-order valence-electron chi connectivity index (χ0n) is 14.7. The molecule has 128 valence electrons. The molecule has 0 heterocycles. The summed E-state index contributed by atoms with van der Waals surface area (Å²) in [4.78, 5) is 23.6. The molecular formula is C18H28N2O3. The lowest BCUT2D eigenvalue weighted by molar-refractivity contribution is -0.141. The topological polar surface area (TPSA) is 67.4 Å². The first-order valence-electron chi connectivity index (χ1n) is 7.89. The van der Waals surface area contributed by atoms with Crippen LogP contribution in [0.15, 0.2) is 24.3 Å². The number of hydrogen-bond acceptors (Lipinski definition) is 4. The number of methoxy groups -OCH3 is 1. The number of carbonyl (C=O) groups is 2. The van der Waals surface area contributed by atoms with E-state index in [-0.39, 0.29) is 29.8 Å². The van der Waals surface area contributed by atoms with E-state index in [1.807, 2.05) is 24.3 Å². The first-order chi connectivity index (χ1) is 10.8. The van der Waals surface area contributed by atoms with Gasteiger partial charge in [-0.05, 0) is 23.6 Å². The molecule has 0 radical (unpaired) electrons. The smallest absolute Gasteiger partial charge is 0.307 e. The molecule has 5 heteroatoms. The number of benzene rings is 1. The van der Waals surface area contributed by atoms with E-state index < -0.39 is 0 Å². The van der Waals surface area contributed by atoms with Gasteiger partial charge in [-0.25, -0.2) is 0 Å². The zero-order valence-corrected chi connectivity index (χ0v) is 14.7. The lowest BCUT2D eigenvalue weighted by Gasteiger charge is -2.22. The average molecular weight is 320 g/mol. The van der Waals surface area contributed by atoms with Gasteiger partial charge in [0, 0.05) is 13.0 Å². The van der Waals surface area contributed by atoms with Gasteiger partial charge in [-0.1, -0.05) is 45.0 Å². The van der Waals surface area contributed by atoms with Gasteiger partial charge in [-0.2, -0.15) is 0 Å². The van der Waals surface area contributed by atoms with Gasteiger partial charge in [-0.15, -0.1) is 0 Å². The zero-order chi connectivity index (χ0) is 17.5. The van der Waals surface area contributed by atoms with Crippen molar-refractivity contribution in [1.82, 2.24) is 10.6 Å². The van der Waals surface area contributed by atoms with Crippen molar-refractivity contribution >= 4 is 11.9 Å². The standard InChI is InChI=1S/C18H28N2O3/c1-18(2,3)14-8-6-13(7-9-14)15(12-17(22)23-5)20-16(21)10-11-19-4/h6-9,15,19H,10-12H2,1-5H3,(H,20,21). The second-order valence-corrected chi connectivity index (χ2v) is 6.63. The second-order valence-electron chi connectivity index (χ2n) is 6.63. The maximum absolute atomic E-state index is 12.0. The van der Waals surface area contributed by atoms with Gasteiger partial charge in [0.05, 0.1) is 19.6 Å². The van der Waals surface area contributed by atoms with Crippen LogP contribution in [-0.4, -0.2) is 32.6 Å². The van der Waals surface area contributed by atoms with Gasteiger partial charge in [0.1, 0.15) is 0 Å². The summed E-state index contributed by atoms with van der Waals surface area (Å²) in [6.07, 6.45) is 0.491. The minimum atomic E-state index is -0.374. The van der Waals surface area contributed by atoms with E-state index in [0.717, 1.165) is 5.56 Å². The molecule has 0 spiro atoms. The molecule has 0 fully saturated rings. The Bertz CT molecular complexity index is 518. The van der Waals surface area contributed by atoms with E-state index in [4.69, 9.17) is 4.74 Å². The maximum atomic E-state index is 12.0. The first-order valence-corrected chi connectivity index (χ1v) is 7.89. The van der Waals surface area contributed by atoms with E-state index >= 15 is 0 Å². The third-order valence-corrected chi connectivity index (χ3v) is 3.71. The SMILES string of the molecule is CNCCC(=O)NC(CC(=O)OC)c1ccc(C(C)(C)C)cc1. The Morgan fingerprint density at radius 1 is 1.17 bits per heavy atom. The van der Waals surface area contributed by atoms with E-state index in [1.165, 1.54) is 12.7 Å². The molecule has 0 aliphatic heterocycles. The number of amides is 1. The molecule has 0 saturated carbocycles. The van der Waals surface area contributed by atoms with Crippen LogP contribution >= 0.6 is 0 Å². The minimum Gasteiger partial charge on any atom is -0.469 e. The number of rotatable bonds is 7. The van der Waals surface area contributed by atoms with Crippen LogP contribution in [0.5, 0.6) is 0 Å². The Kier molecular flexibility index (Phi) is 7.23. The molecule has 1 aromatic carbocycles. The monoisotopic (exact) mass is 320 g/mol. The van der Waals surface area contributed by atoms with Crippen molar-refractivity contribution in [3.05, 3.63) is 35.4 Å². The van der Waals surface area contributed by atoms with Gasteiger partial charge in [-0.3, -0.25) is 9.59 Å². The van der Waals surface area contributed by atoms with Gasteiger partial charge in [0.25, 0.3) is 0 Å². The summed E-state index contributed by atoms with van der Waals surface area (Å²) in [7, 11) is 3.15. The molecule has 2 N–H and O–H groups in total. The fourth-order valence-electron chi connectivity index (χ4n) is 2.22. The van der Waals surface area contributed by atoms with Crippen LogP contribution in [0, 0.1) is 0 Å². The molecule has 1 atom stereocenters. The lowest BCUT2D eigenvalue weighted by atomic mass is 9.86. The van der Waals surface area contributed by atoms with Gasteiger partial charge in [0.2, 0.25) is 5.91 Å². The summed E-state index contributed by atoms with van der Waals surface area (Å²) in [5.41, 5.74) is 2.17. The first kappa shape index (κ1) is 19.2. The van der Waals surface area contributed by atoms with Crippen molar-refractivity contribution < 1.29 is 14.3 Å². The quantitative estimate of drug-likeness (QED) is 0.757. The Morgan fingerprint density at radius 2 is 1.78 bits per heavy atom. The molecule has 1 amide bonds. The van der Waals surface area contributed by atoms with Crippen molar-refractivity contribution in [1.29, 1.82) is 0 Å². The number of ether oxygens (including phenoxy) is 1. The minimum absolute atomic E-state index is 0.0619. The predicted octanol–water partition coefficient (Wildman–Crippen LogP) is 2.31. The molecule has 1 unspecified atom stereocenters. The van der Waals surface area contributed by atoms with E-state index in [0.29, 0.717) is 13.0 Å². The molecule has 23 heavy (non-hydrogen) atoms. The van der Waals surface area contributed by atoms with Crippen LogP contribution in [0.4, 0.5) is 0 Å². The van der Waals surface area contributed by atoms with Crippen molar-refractivity contribution in [2.45, 2.75) is 45.1 Å². The summed E-state index contributed by atoms with van der Waals surface area (Å²) in [5.74, 6) is -0.433. The van der Waals surface area contributed by atoms with Crippen molar-refractivity contribution in [3.8, 4) is 0 Å². The van der Waals surface area contributed by atoms with E-state index in [2.05, 4.69) is 31.4 Å². The molecule has 0 aliphatic carbocycles. The highest BCUT2D eigenvalue weighted by atomic mass is 16.5. The average Bonchev–Trinajstić information content (AvgIpc) is 2.51. The molecular weight excluding hydrogens is 292 g/mol. The number of nitrogens with one attached hydrogen (secondary N) is 2. The van der Waals surface area contributed by atoms with Crippen molar-refractivity contribution in [2.24, 2.45) is 0 Å². The molecule has 0 aliphatic rings. The summed E-state index contributed by atoms with van der Waals surface area (Å²) in [5, 5.41) is 5.85. The number of esters is 1. The predicted molar refractivity (Wildman–Crippen MR) is 91.2 cm³/mol. The largest absolute Gasteiger partial charge is 0.469 e. The van der Waals surface area contributed by atoms with Gasteiger partial charge >= 0.3 is 5.97 Å². The fourth-order valence-corrected chi connectivity index (χ4v) is 2.22. The van der Waals surface area contributed by atoms with Crippen molar-refractivity contribution in [2.75, 3.05) is 20.7 Å². The molecule has 0 bridgehead atoms. The second kappa shape index (κ2) is 8.67. The van der Waals surface area contributed by atoms with Crippen LogP contribution < -0.4 is 10.6 Å². The molecule has 0 aromatic heterocycles. The van der Waals surface area contributed by atoms with Crippen LogP contribution in [0.2, 0.25) is 0 Å². The Balaban J connectivity index is 2.90. The van der Waals surface area contributed by atoms with Crippen LogP contribution in [0.25, 0.3) is 0 Å². The highest BCUT2D eigenvalue weighted by molar-refractivity contribution is 5.78.